The van der Waals surface area contributed by atoms with Crippen molar-refractivity contribution in [3.05, 3.63) is 40.5 Å². The summed E-state index contributed by atoms with van der Waals surface area (Å²) < 4.78 is 1.02. The fraction of sp³-hybridized carbons (Fsp3) is 0.474. The minimum atomic E-state index is -0.0668. The number of rotatable bonds is 6. The highest BCUT2D eigenvalue weighted by Gasteiger charge is 2.21. The highest BCUT2D eigenvalue weighted by Crippen LogP contribution is 2.20. The van der Waals surface area contributed by atoms with E-state index in [1.165, 1.54) is 19.4 Å². The number of H-pyrrole nitrogens is 1. The molecule has 1 aromatic heterocycles. The van der Waals surface area contributed by atoms with Crippen molar-refractivity contribution in [3.8, 4) is 11.3 Å². The second-order valence-corrected chi connectivity index (χ2v) is 7.53. The van der Waals surface area contributed by atoms with Gasteiger partial charge in [-0.15, -0.1) is 0 Å². The smallest absolute Gasteiger partial charge is 0.269 e. The molecule has 0 atom stereocenters. The summed E-state index contributed by atoms with van der Waals surface area (Å²) in [6, 6.07) is 9.97. The van der Waals surface area contributed by atoms with Crippen LogP contribution in [0.4, 0.5) is 0 Å². The van der Waals surface area contributed by atoms with Crippen LogP contribution in [0.5, 0.6) is 0 Å². The van der Waals surface area contributed by atoms with Crippen LogP contribution in [-0.2, 0) is 0 Å². The molecule has 1 saturated heterocycles. The number of piperidine rings is 1. The number of hydrogen-bond acceptors (Lipinski definition) is 3. The van der Waals surface area contributed by atoms with Gasteiger partial charge in [-0.3, -0.25) is 9.89 Å². The van der Waals surface area contributed by atoms with Crippen LogP contribution < -0.4 is 5.32 Å². The Balaban J connectivity index is 1.53. The lowest BCUT2D eigenvalue weighted by Crippen LogP contribution is -2.44. The Kier molecular flexibility index (Phi) is 6.26. The normalized spacial score (nSPS) is 16.1. The molecule has 1 aliphatic heterocycles. The molecule has 2 N–H and O–H groups in total. The molecule has 0 radical (unpaired) electrons. The third kappa shape index (κ3) is 4.92. The maximum Gasteiger partial charge on any atom is 0.269 e. The molecule has 134 valence electrons. The number of aromatic amines is 1. The first-order chi connectivity index (χ1) is 12.2. The van der Waals surface area contributed by atoms with Gasteiger partial charge in [0.15, 0.2) is 0 Å². The van der Waals surface area contributed by atoms with Crippen LogP contribution in [0.15, 0.2) is 34.8 Å². The number of nitrogens with one attached hydrogen (secondary N) is 2. The number of carbonyl (C=O) groups is 1. The first-order valence-corrected chi connectivity index (χ1v) is 9.79. The third-order valence-corrected chi connectivity index (χ3v) is 5.24. The zero-order valence-electron chi connectivity index (χ0n) is 14.6. The van der Waals surface area contributed by atoms with E-state index < -0.39 is 0 Å². The fourth-order valence-electron chi connectivity index (χ4n) is 3.15. The highest BCUT2D eigenvalue weighted by molar-refractivity contribution is 9.10. The van der Waals surface area contributed by atoms with Crippen LogP contribution >= 0.6 is 15.9 Å². The van der Waals surface area contributed by atoms with Gasteiger partial charge < -0.3 is 10.2 Å². The SMILES string of the molecule is CCCCN1CCC(NC(=O)c2cc(-c3ccc(Br)cc3)n[nH]2)CC1. The molecule has 5 nitrogen and oxygen atoms in total. The number of likely N-dealkylation sites (tertiary alicyclic amines) is 1. The Morgan fingerprint density at radius 1 is 1.32 bits per heavy atom. The molecule has 1 aromatic carbocycles. The molecule has 0 spiro atoms. The standard InChI is InChI=1S/C19H25BrN4O/c1-2-3-10-24-11-8-16(9-12-24)21-19(25)18-13-17(22-23-18)14-4-6-15(20)7-5-14/h4-7,13,16H,2-3,8-12H2,1H3,(H,21,25)(H,22,23). The van der Waals surface area contributed by atoms with E-state index in [9.17, 15) is 4.79 Å². The average molecular weight is 405 g/mol. The van der Waals surface area contributed by atoms with Crippen LogP contribution in [0.25, 0.3) is 11.3 Å². The number of carbonyl (C=O) groups excluding carboxylic acids is 1. The van der Waals surface area contributed by atoms with E-state index in [1.54, 1.807) is 0 Å². The Hall–Kier alpha value is -1.66. The molecule has 6 heteroatoms. The minimum Gasteiger partial charge on any atom is -0.348 e. The van der Waals surface area contributed by atoms with Gasteiger partial charge >= 0.3 is 0 Å². The van der Waals surface area contributed by atoms with Crippen LogP contribution in [0.3, 0.4) is 0 Å². The summed E-state index contributed by atoms with van der Waals surface area (Å²) in [5.74, 6) is -0.0668. The molecule has 1 fully saturated rings. The molecule has 1 amide bonds. The minimum absolute atomic E-state index is 0.0668. The Bertz CT molecular complexity index is 690. The first kappa shape index (κ1) is 18.1. The molecule has 25 heavy (non-hydrogen) atoms. The van der Waals surface area contributed by atoms with Gasteiger partial charge in [0.05, 0.1) is 5.69 Å². The Morgan fingerprint density at radius 3 is 2.72 bits per heavy atom. The molecular weight excluding hydrogens is 380 g/mol. The number of benzene rings is 1. The van der Waals surface area contributed by atoms with Crippen molar-refractivity contribution in [1.29, 1.82) is 0 Å². The summed E-state index contributed by atoms with van der Waals surface area (Å²) in [5.41, 5.74) is 2.29. The second-order valence-electron chi connectivity index (χ2n) is 6.62. The quantitative estimate of drug-likeness (QED) is 0.768. The van der Waals surface area contributed by atoms with E-state index in [2.05, 4.69) is 43.3 Å². The maximum atomic E-state index is 12.5. The summed E-state index contributed by atoms with van der Waals surface area (Å²) in [4.78, 5) is 15.0. The molecule has 2 aromatic rings. The number of unbranched alkanes of at least 4 members (excludes halogenated alkanes) is 1. The summed E-state index contributed by atoms with van der Waals surface area (Å²) in [5, 5.41) is 10.3. The van der Waals surface area contributed by atoms with Gasteiger partial charge in [-0.2, -0.15) is 5.10 Å². The monoisotopic (exact) mass is 404 g/mol. The number of aromatic nitrogens is 2. The van der Waals surface area contributed by atoms with Gasteiger partial charge in [0, 0.05) is 29.2 Å². The van der Waals surface area contributed by atoms with Crippen molar-refractivity contribution in [1.82, 2.24) is 20.4 Å². The number of nitrogens with zero attached hydrogens (tertiary/aromatic N) is 2. The third-order valence-electron chi connectivity index (χ3n) is 4.71. The van der Waals surface area contributed by atoms with Crippen molar-refractivity contribution >= 4 is 21.8 Å². The highest BCUT2D eigenvalue weighted by atomic mass is 79.9. The number of halogens is 1. The zero-order chi connectivity index (χ0) is 17.6. The van der Waals surface area contributed by atoms with Gasteiger partial charge in [0.25, 0.3) is 5.91 Å². The van der Waals surface area contributed by atoms with E-state index in [1.807, 2.05) is 30.3 Å². The predicted octanol–water partition coefficient (Wildman–Crippen LogP) is 3.83. The van der Waals surface area contributed by atoms with Gasteiger partial charge in [-0.25, -0.2) is 0 Å². The summed E-state index contributed by atoms with van der Waals surface area (Å²) in [7, 11) is 0. The van der Waals surface area contributed by atoms with Crippen LogP contribution in [0.1, 0.15) is 43.1 Å². The predicted molar refractivity (Wildman–Crippen MR) is 104 cm³/mol. The summed E-state index contributed by atoms with van der Waals surface area (Å²) in [6.45, 7) is 5.53. The summed E-state index contributed by atoms with van der Waals surface area (Å²) >= 11 is 3.42. The first-order valence-electron chi connectivity index (χ1n) is 9.00. The van der Waals surface area contributed by atoms with E-state index in [0.717, 1.165) is 41.7 Å². The maximum absolute atomic E-state index is 12.5. The largest absolute Gasteiger partial charge is 0.348 e. The average Bonchev–Trinajstić information content (AvgIpc) is 3.12. The van der Waals surface area contributed by atoms with Crippen molar-refractivity contribution in [2.24, 2.45) is 0 Å². The molecule has 0 unspecified atom stereocenters. The van der Waals surface area contributed by atoms with Crippen LogP contribution in [0.2, 0.25) is 0 Å². The number of hydrogen-bond donors (Lipinski definition) is 2. The molecule has 3 rings (SSSR count). The Morgan fingerprint density at radius 2 is 2.04 bits per heavy atom. The molecular formula is C19H25BrN4O. The van der Waals surface area contributed by atoms with Gasteiger partial charge in [0.1, 0.15) is 5.69 Å². The molecule has 1 aliphatic rings. The number of amides is 1. The fourth-order valence-corrected chi connectivity index (χ4v) is 3.42. The second kappa shape index (κ2) is 8.63. The molecule has 0 saturated carbocycles. The van der Waals surface area contributed by atoms with E-state index in [-0.39, 0.29) is 11.9 Å². The lowest BCUT2D eigenvalue weighted by molar-refractivity contribution is 0.0905. The lowest BCUT2D eigenvalue weighted by Gasteiger charge is -2.32. The van der Waals surface area contributed by atoms with E-state index in [4.69, 9.17) is 0 Å². The Labute approximate surface area is 157 Å². The van der Waals surface area contributed by atoms with E-state index >= 15 is 0 Å². The topological polar surface area (TPSA) is 61.0 Å². The molecule has 0 bridgehead atoms. The van der Waals surface area contributed by atoms with Gasteiger partial charge in [0.2, 0.25) is 0 Å². The van der Waals surface area contributed by atoms with Crippen molar-refractivity contribution in [2.75, 3.05) is 19.6 Å². The lowest BCUT2D eigenvalue weighted by atomic mass is 10.0. The zero-order valence-corrected chi connectivity index (χ0v) is 16.2. The van der Waals surface area contributed by atoms with Crippen LogP contribution in [0, 0.1) is 0 Å². The van der Waals surface area contributed by atoms with E-state index in [0.29, 0.717) is 5.69 Å². The van der Waals surface area contributed by atoms with Crippen LogP contribution in [-0.4, -0.2) is 46.7 Å². The van der Waals surface area contributed by atoms with Crippen molar-refractivity contribution < 1.29 is 4.79 Å². The molecule has 0 aliphatic carbocycles. The molecule has 2 heterocycles. The van der Waals surface area contributed by atoms with Gasteiger partial charge in [-0.05, 0) is 44.0 Å². The van der Waals surface area contributed by atoms with Crippen molar-refractivity contribution in [3.63, 3.8) is 0 Å². The summed E-state index contributed by atoms with van der Waals surface area (Å²) in [6.07, 6.45) is 4.52. The van der Waals surface area contributed by atoms with Crippen molar-refractivity contribution in [2.45, 2.75) is 38.6 Å². The van der Waals surface area contributed by atoms with Gasteiger partial charge in [-0.1, -0.05) is 41.4 Å².